The number of hydrogen-bond donors (Lipinski definition) is 2. The smallest absolute Gasteiger partial charge is 0.323 e. The number of nitrogens with zero attached hydrogens (tertiary/aromatic N) is 2. The predicted octanol–water partition coefficient (Wildman–Crippen LogP) is 1.17. The molecule has 0 aliphatic carbocycles. The molecule has 2 N–H and O–H groups in total. The van der Waals surface area contributed by atoms with Gasteiger partial charge in [-0.1, -0.05) is 11.6 Å². The van der Waals surface area contributed by atoms with Gasteiger partial charge in [0.05, 0.1) is 12.2 Å². The minimum atomic E-state index is -1.07. The van der Waals surface area contributed by atoms with Crippen LogP contribution in [0.15, 0.2) is 12.3 Å². The van der Waals surface area contributed by atoms with Crippen LogP contribution in [0.25, 0.3) is 0 Å². The summed E-state index contributed by atoms with van der Waals surface area (Å²) in [6.07, 6.45) is 1.48. The quantitative estimate of drug-likeness (QED) is 0.762. The van der Waals surface area contributed by atoms with Crippen LogP contribution in [0, 0.1) is 0 Å². The standard InChI is InChI=1S/C9H8ClN3O3/c10-8-5-3-13(4-7(14)15)9(16)12-6(5)1-2-11-8/h1-2H,3-4H2,(H,12,16)(H,14,15). The molecule has 0 fully saturated rings. The Kier molecular flexibility index (Phi) is 2.66. The number of halogens is 1. The van der Waals surface area contributed by atoms with E-state index in [4.69, 9.17) is 16.7 Å². The zero-order valence-electron chi connectivity index (χ0n) is 8.11. The fraction of sp³-hybridized carbons (Fsp3) is 0.222. The highest BCUT2D eigenvalue weighted by atomic mass is 35.5. The van der Waals surface area contributed by atoms with Gasteiger partial charge < -0.3 is 15.3 Å². The molecule has 2 heterocycles. The molecule has 16 heavy (non-hydrogen) atoms. The van der Waals surface area contributed by atoms with Gasteiger partial charge >= 0.3 is 12.0 Å². The first-order chi connectivity index (χ1) is 7.58. The summed E-state index contributed by atoms with van der Waals surface area (Å²) >= 11 is 5.86. The Morgan fingerprint density at radius 3 is 3.12 bits per heavy atom. The SMILES string of the molecule is O=C(O)CN1Cc2c(ccnc2Cl)NC1=O. The number of pyridine rings is 1. The Hall–Kier alpha value is -1.82. The molecule has 2 amide bonds. The lowest BCUT2D eigenvalue weighted by molar-refractivity contribution is -0.137. The highest BCUT2D eigenvalue weighted by Crippen LogP contribution is 2.27. The van der Waals surface area contributed by atoms with Crippen molar-refractivity contribution in [3.63, 3.8) is 0 Å². The number of aliphatic carboxylic acids is 1. The average molecular weight is 242 g/mol. The first-order valence-electron chi connectivity index (χ1n) is 4.49. The van der Waals surface area contributed by atoms with Crippen LogP contribution in [0.5, 0.6) is 0 Å². The summed E-state index contributed by atoms with van der Waals surface area (Å²) in [6.45, 7) is -0.212. The van der Waals surface area contributed by atoms with Crippen LogP contribution in [-0.4, -0.2) is 33.5 Å². The van der Waals surface area contributed by atoms with Crippen LogP contribution in [0.3, 0.4) is 0 Å². The molecule has 1 aromatic rings. The fourth-order valence-corrected chi connectivity index (χ4v) is 1.70. The summed E-state index contributed by atoms with van der Waals surface area (Å²) in [4.78, 5) is 27.1. The van der Waals surface area contributed by atoms with E-state index >= 15 is 0 Å². The molecule has 84 valence electrons. The van der Waals surface area contributed by atoms with Gasteiger partial charge in [-0.05, 0) is 6.07 Å². The first kappa shape index (κ1) is 10.7. The number of carboxylic acid groups (broad SMARTS) is 1. The third kappa shape index (κ3) is 1.92. The van der Waals surface area contributed by atoms with Crippen LogP contribution < -0.4 is 5.32 Å². The number of fused-ring (bicyclic) bond motifs is 1. The van der Waals surface area contributed by atoms with E-state index in [2.05, 4.69) is 10.3 Å². The highest BCUT2D eigenvalue weighted by molar-refractivity contribution is 6.30. The summed E-state index contributed by atoms with van der Waals surface area (Å²) in [5.74, 6) is -1.07. The first-order valence-corrected chi connectivity index (χ1v) is 4.87. The summed E-state index contributed by atoms with van der Waals surface area (Å²) in [5.41, 5.74) is 1.21. The molecule has 0 aromatic carbocycles. The van der Waals surface area contributed by atoms with Crippen molar-refractivity contribution in [2.45, 2.75) is 6.54 Å². The second kappa shape index (κ2) is 3.97. The lowest BCUT2D eigenvalue weighted by atomic mass is 10.2. The Bertz CT molecular complexity index is 463. The minimum Gasteiger partial charge on any atom is -0.480 e. The lowest BCUT2D eigenvalue weighted by Crippen LogP contribution is -2.41. The van der Waals surface area contributed by atoms with Gasteiger partial charge in [-0.15, -0.1) is 0 Å². The topological polar surface area (TPSA) is 82.5 Å². The molecular formula is C9H8ClN3O3. The van der Waals surface area contributed by atoms with Gasteiger partial charge in [0, 0.05) is 11.8 Å². The van der Waals surface area contributed by atoms with Crippen molar-refractivity contribution in [3.8, 4) is 0 Å². The molecule has 1 aromatic heterocycles. The van der Waals surface area contributed by atoms with E-state index in [0.717, 1.165) is 4.90 Å². The van der Waals surface area contributed by atoms with Gasteiger partial charge in [0.25, 0.3) is 0 Å². The molecule has 0 saturated heterocycles. The zero-order valence-corrected chi connectivity index (χ0v) is 8.86. The Balaban J connectivity index is 2.30. The van der Waals surface area contributed by atoms with Crippen LogP contribution >= 0.6 is 11.6 Å². The van der Waals surface area contributed by atoms with Crippen LogP contribution in [-0.2, 0) is 11.3 Å². The zero-order chi connectivity index (χ0) is 11.7. The molecule has 1 aliphatic rings. The molecule has 7 heteroatoms. The van der Waals surface area contributed by atoms with Crippen LogP contribution in [0.2, 0.25) is 5.15 Å². The number of aromatic nitrogens is 1. The fourth-order valence-electron chi connectivity index (χ4n) is 1.48. The number of nitrogens with one attached hydrogen (secondary N) is 1. The Morgan fingerprint density at radius 2 is 2.44 bits per heavy atom. The largest absolute Gasteiger partial charge is 0.480 e. The van der Waals surface area contributed by atoms with E-state index < -0.39 is 12.0 Å². The number of carboxylic acids is 1. The predicted molar refractivity (Wildman–Crippen MR) is 56.3 cm³/mol. The summed E-state index contributed by atoms with van der Waals surface area (Å²) < 4.78 is 0. The van der Waals surface area contributed by atoms with Crippen molar-refractivity contribution in [3.05, 3.63) is 23.0 Å². The maximum absolute atomic E-state index is 11.5. The molecule has 6 nitrogen and oxygen atoms in total. The van der Waals surface area contributed by atoms with Crippen LogP contribution in [0.1, 0.15) is 5.56 Å². The Morgan fingerprint density at radius 1 is 1.69 bits per heavy atom. The molecule has 0 radical (unpaired) electrons. The maximum Gasteiger partial charge on any atom is 0.323 e. The number of urea groups is 1. The second-order valence-corrected chi connectivity index (χ2v) is 3.67. The van der Waals surface area contributed by atoms with Crippen molar-refractivity contribution in [2.24, 2.45) is 0 Å². The van der Waals surface area contributed by atoms with E-state index in [-0.39, 0.29) is 18.2 Å². The number of rotatable bonds is 2. The van der Waals surface area contributed by atoms with Crippen molar-refractivity contribution in [1.29, 1.82) is 0 Å². The lowest BCUT2D eigenvalue weighted by Gasteiger charge is -2.28. The third-order valence-corrected chi connectivity index (χ3v) is 2.53. The molecule has 0 bridgehead atoms. The molecule has 1 aliphatic heterocycles. The average Bonchev–Trinajstić information content (AvgIpc) is 2.20. The van der Waals surface area contributed by atoms with Crippen molar-refractivity contribution >= 4 is 29.3 Å². The van der Waals surface area contributed by atoms with E-state index in [0.29, 0.717) is 11.3 Å². The van der Waals surface area contributed by atoms with E-state index in [1.165, 1.54) is 6.20 Å². The summed E-state index contributed by atoms with van der Waals surface area (Å²) in [6, 6.07) is 1.18. The third-order valence-electron chi connectivity index (χ3n) is 2.21. The van der Waals surface area contributed by atoms with Crippen molar-refractivity contribution in [1.82, 2.24) is 9.88 Å². The van der Waals surface area contributed by atoms with Crippen LogP contribution in [0.4, 0.5) is 10.5 Å². The van der Waals surface area contributed by atoms with Gasteiger partial charge in [-0.3, -0.25) is 4.79 Å². The molecular weight excluding hydrogens is 234 g/mol. The molecule has 2 rings (SSSR count). The highest BCUT2D eigenvalue weighted by Gasteiger charge is 2.25. The maximum atomic E-state index is 11.5. The number of hydrogen-bond acceptors (Lipinski definition) is 3. The molecule has 0 unspecified atom stereocenters. The number of carbonyl (C=O) groups is 2. The van der Waals surface area contributed by atoms with Gasteiger partial charge in [0.1, 0.15) is 11.7 Å². The van der Waals surface area contributed by atoms with Gasteiger partial charge in [0.15, 0.2) is 0 Å². The van der Waals surface area contributed by atoms with Crippen molar-refractivity contribution in [2.75, 3.05) is 11.9 Å². The molecule has 0 atom stereocenters. The number of amides is 2. The van der Waals surface area contributed by atoms with E-state index in [1.807, 2.05) is 0 Å². The minimum absolute atomic E-state index is 0.153. The monoisotopic (exact) mass is 241 g/mol. The summed E-state index contributed by atoms with van der Waals surface area (Å²) in [5, 5.41) is 11.5. The molecule has 0 saturated carbocycles. The molecule has 0 spiro atoms. The summed E-state index contributed by atoms with van der Waals surface area (Å²) in [7, 11) is 0. The van der Waals surface area contributed by atoms with E-state index in [1.54, 1.807) is 6.07 Å². The van der Waals surface area contributed by atoms with E-state index in [9.17, 15) is 9.59 Å². The van der Waals surface area contributed by atoms with Gasteiger partial charge in [-0.2, -0.15) is 0 Å². The van der Waals surface area contributed by atoms with Gasteiger partial charge in [-0.25, -0.2) is 9.78 Å². The van der Waals surface area contributed by atoms with Crippen molar-refractivity contribution < 1.29 is 14.7 Å². The number of carbonyl (C=O) groups excluding carboxylic acids is 1. The number of anilines is 1. The van der Waals surface area contributed by atoms with Gasteiger partial charge in [0.2, 0.25) is 0 Å². The second-order valence-electron chi connectivity index (χ2n) is 3.31. The normalized spacial score (nSPS) is 14.3. The Labute approximate surface area is 95.8 Å².